The third kappa shape index (κ3) is 3.31. The quantitative estimate of drug-likeness (QED) is 0.659. The second kappa shape index (κ2) is 6.76. The van der Waals surface area contributed by atoms with Crippen molar-refractivity contribution in [3.63, 3.8) is 0 Å². The molecule has 1 aromatic heterocycles. The Labute approximate surface area is 164 Å². The van der Waals surface area contributed by atoms with Gasteiger partial charge in [0.25, 0.3) is 11.5 Å². The van der Waals surface area contributed by atoms with Gasteiger partial charge in [0.05, 0.1) is 6.04 Å². The number of nitrogens with one attached hydrogen (secondary N) is 2. The van der Waals surface area contributed by atoms with Gasteiger partial charge >= 0.3 is 0 Å². The van der Waals surface area contributed by atoms with Gasteiger partial charge in [-0.15, -0.1) is 0 Å². The Bertz CT molecular complexity index is 1070. The summed E-state index contributed by atoms with van der Waals surface area (Å²) in [5.41, 5.74) is 1.77. The number of aromatic amines is 1. The maximum absolute atomic E-state index is 12.8. The van der Waals surface area contributed by atoms with Crippen LogP contribution in [0.5, 0.6) is 11.5 Å². The Hall–Kier alpha value is -2.76. The molecule has 3 aromatic rings. The van der Waals surface area contributed by atoms with E-state index in [2.05, 4.69) is 10.3 Å². The lowest BCUT2D eigenvalue weighted by atomic mass is 9.94. The number of hydrogen-bond acceptors (Lipinski definition) is 3. The van der Waals surface area contributed by atoms with E-state index in [9.17, 15) is 9.59 Å². The van der Waals surface area contributed by atoms with E-state index in [4.69, 9.17) is 27.9 Å². The van der Waals surface area contributed by atoms with Crippen molar-refractivity contribution in [1.82, 2.24) is 10.3 Å². The van der Waals surface area contributed by atoms with Crippen LogP contribution in [0.3, 0.4) is 0 Å². The minimum absolute atomic E-state index is 0.0399. The first-order valence-electron chi connectivity index (χ1n) is 8.20. The van der Waals surface area contributed by atoms with Gasteiger partial charge < -0.3 is 15.0 Å². The summed E-state index contributed by atoms with van der Waals surface area (Å²) in [5, 5.41) is 3.95. The molecule has 0 bridgehead atoms. The summed E-state index contributed by atoms with van der Waals surface area (Å²) in [5.74, 6) is 0.575. The van der Waals surface area contributed by atoms with E-state index < -0.39 is 17.5 Å². The number of ether oxygens (including phenoxy) is 1. The second-order valence-corrected chi connectivity index (χ2v) is 7.13. The summed E-state index contributed by atoms with van der Waals surface area (Å²) in [6, 6.07) is 13.1. The average Bonchev–Trinajstić information content (AvgIpc) is 2.60. The van der Waals surface area contributed by atoms with Crippen LogP contribution in [0, 0.1) is 6.92 Å². The van der Waals surface area contributed by atoms with E-state index in [1.807, 2.05) is 0 Å². The van der Waals surface area contributed by atoms with Crippen molar-refractivity contribution in [2.75, 3.05) is 0 Å². The van der Waals surface area contributed by atoms with Gasteiger partial charge in [-0.1, -0.05) is 35.3 Å². The van der Waals surface area contributed by atoms with Crippen LogP contribution < -0.4 is 15.6 Å². The average molecular weight is 401 g/mol. The number of carbonyl (C=O) groups is 1. The normalized spacial score (nSPS) is 12.7. The van der Waals surface area contributed by atoms with E-state index in [1.54, 1.807) is 49.4 Å². The zero-order chi connectivity index (χ0) is 19.1. The first kappa shape index (κ1) is 17.6. The Kier molecular flexibility index (Phi) is 4.42. The van der Waals surface area contributed by atoms with Crippen molar-refractivity contribution in [2.24, 2.45) is 0 Å². The summed E-state index contributed by atoms with van der Waals surface area (Å²) in [7, 11) is 0. The molecule has 1 amide bonds. The minimum Gasteiger partial charge on any atom is -0.456 e. The molecule has 1 aliphatic heterocycles. The van der Waals surface area contributed by atoms with E-state index in [1.165, 1.54) is 6.07 Å². The highest BCUT2D eigenvalue weighted by molar-refractivity contribution is 6.31. The lowest BCUT2D eigenvalue weighted by Gasteiger charge is -2.29. The Morgan fingerprint density at radius 1 is 1.00 bits per heavy atom. The number of hydrogen-bond donors (Lipinski definition) is 2. The van der Waals surface area contributed by atoms with Gasteiger partial charge in [-0.25, -0.2) is 0 Å². The van der Waals surface area contributed by atoms with E-state index in [0.717, 1.165) is 11.1 Å². The van der Waals surface area contributed by atoms with Gasteiger partial charge in [0, 0.05) is 26.9 Å². The standard InChI is InChI=1S/C20H14Cl2N2O3/c1-10-2-5-15(19(25)23-10)20(26)24-18-13-6-3-11(21)8-16(13)27-17-9-12(22)4-7-14(17)18/h2-9,18H,1H3,(H,23,25)(H,24,26). The maximum Gasteiger partial charge on any atom is 0.260 e. The van der Waals surface area contributed by atoms with Crippen molar-refractivity contribution < 1.29 is 9.53 Å². The number of benzene rings is 2. The van der Waals surface area contributed by atoms with Crippen molar-refractivity contribution in [1.29, 1.82) is 0 Å². The van der Waals surface area contributed by atoms with Crippen LogP contribution in [0.1, 0.15) is 33.2 Å². The molecular formula is C20H14Cl2N2O3. The Balaban J connectivity index is 1.78. The molecule has 27 heavy (non-hydrogen) atoms. The summed E-state index contributed by atoms with van der Waals surface area (Å²) >= 11 is 12.2. The number of fused-ring (bicyclic) bond motifs is 2. The number of H-pyrrole nitrogens is 1. The predicted molar refractivity (Wildman–Crippen MR) is 104 cm³/mol. The molecule has 7 heteroatoms. The molecule has 5 nitrogen and oxygen atoms in total. The molecule has 0 saturated carbocycles. The molecule has 0 unspecified atom stereocenters. The fourth-order valence-electron chi connectivity index (χ4n) is 3.07. The van der Waals surface area contributed by atoms with E-state index in [0.29, 0.717) is 27.2 Å². The number of aryl methyl sites for hydroxylation is 1. The van der Waals surface area contributed by atoms with Gasteiger partial charge in [0.2, 0.25) is 0 Å². The fraction of sp³-hybridized carbons (Fsp3) is 0.100. The number of amides is 1. The van der Waals surface area contributed by atoms with Crippen LogP contribution in [0.4, 0.5) is 0 Å². The molecule has 4 rings (SSSR count). The zero-order valence-electron chi connectivity index (χ0n) is 14.2. The van der Waals surface area contributed by atoms with Crippen LogP contribution in [0.2, 0.25) is 10.0 Å². The van der Waals surface area contributed by atoms with Crippen LogP contribution in [-0.4, -0.2) is 10.9 Å². The van der Waals surface area contributed by atoms with Crippen molar-refractivity contribution in [2.45, 2.75) is 13.0 Å². The topological polar surface area (TPSA) is 71.2 Å². The molecule has 2 N–H and O–H groups in total. The van der Waals surface area contributed by atoms with Crippen molar-refractivity contribution in [3.8, 4) is 11.5 Å². The highest BCUT2D eigenvalue weighted by Gasteiger charge is 2.29. The van der Waals surface area contributed by atoms with Gasteiger partial charge in [-0.2, -0.15) is 0 Å². The highest BCUT2D eigenvalue weighted by atomic mass is 35.5. The molecule has 1 aliphatic rings. The molecule has 0 aliphatic carbocycles. The van der Waals surface area contributed by atoms with Gasteiger partial charge in [-0.05, 0) is 43.3 Å². The molecule has 0 atom stereocenters. The lowest BCUT2D eigenvalue weighted by Crippen LogP contribution is -2.34. The first-order chi connectivity index (χ1) is 12.9. The number of halogens is 2. The van der Waals surface area contributed by atoms with Gasteiger partial charge in [0.15, 0.2) is 0 Å². The highest BCUT2D eigenvalue weighted by Crippen LogP contribution is 2.44. The lowest BCUT2D eigenvalue weighted by molar-refractivity contribution is 0.0940. The summed E-state index contributed by atoms with van der Waals surface area (Å²) < 4.78 is 5.91. The molecule has 0 saturated heterocycles. The van der Waals surface area contributed by atoms with Crippen molar-refractivity contribution >= 4 is 29.1 Å². The largest absolute Gasteiger partial charge is 0.456 e. The van der Waals surface area contributed by atoms with Crippen LogP contribution >= 0.6 is 23.2 Å². The molecule has 136 valence electrons. The minimum atomic E-state index is -0.508. The number of aromatic nitrogens is 1. The van der Waals surface area contributed by atoms with Crippen LogP contribution in [0.25, 0.3) is 0 Å². The fourth-order valence-corrected chi connectivity index (χ4v) is 3.40. The first-order valence-corrected chi connectivity index (χ1v) is 8.95. The summed E-state index contributed by atoms with van der Waals surface area (Å²) in [6.45, 7) is 1.75. The van der Waals surface area contributed by atoms with Crippen LogP contribution in [-0.2, 0) is 0 Å². The third-order valence-corrected chi connectivity index (χ3v) is 4.84. The molecule has 2 heterocycles. The zero-order valence-corrected chi connectivity index (χ0v) is 15.7. The summed E-state index contributed by atoms with van der Waals surface area (Å²) in [4.78, 5) is 27.5. The monoisotopic (exact) mass is 400 g/mol. The Morgan fingerprint density at radius 3 is 2.15 bits per heavy atom. The van der Waals surface area contributed by atoms with Crippen molar-refractivity contribution in [3.05, 3.63) is 91.3 Å². The molecule has 0 radical (unpaired) electrons. The summed E-state index contributed by atoms with van der Waals surface area (Å²) in [6.07, 6.45) is 0. The smallest absolute Gasteiger partial charge is 0.260 e. The molecule has 0 fully saturated rings. The molecule has 2 aromatic carbocycles. The third-order valence-electron chi connectivity index (χ3n) is 4.37. The number of pyridine rings is 1. The Morgan fingerprint density at radius 2 is 1.59 bits per heavy atom. The number of carbonyl (C=O) groups excluding carboxylic acids is 1. The maximum atomic E-state index is 12.8. The molecule has 0 spiro atoms. The van der Waals surface area contributed by atoms with Gasteiger partial charge in [-0.3, -0.25) is 9.59 Å². The SMILES string of the molecule is Cc1ccc(C(=O)NC2c3ccc(Cl)cc3Oc3cc(Cl)ccc32)c(=O)[nH]1. The van der Waals surface area contributed by atoms with E-state index >= 15 is 0 Å². The molecular weight excluding hydrogens is 387 g/mol. The number of rotatable bonds is 2. The van der Waals surface area contributed by atoms with Gasteiger partial charge in [0.1, 0.15) is 17.1 Å². The second-order valence-electron chi connectivity index (χ2n) is 6.26. The van der Waals surface area contributed by atoms with E-state index in [-0.39, 0.29) is 5.56 Å². The van der Waals surface area contributed by atoms with Crippen LogP contribution in [0.15, 0.2) is 53.3 Å². The predicted octanol–water partition coefficient (Wildman–Crippen LogP) is 4.62.